The van der Waals surface area contributed by atoms with Gasteiger partial charge in [-0.1, -0.05) is 0 Å². The van der Waals surface area contributed by atoms with Crippen molar-refractivity contribution in [1.29, 1.82) is 0 Å². The Labute approximate surface area is 102 Å². The van der Waals surface area contributed by atoms with Crippen molar-refractivity contribution in [3.05, 3.63) is 0 Å². The first-order valence-corrected chi connectivity index (χ1v) is 5.69. The molecule has 4 N–H and O–H groups in total. The number of rotatable bonds is 6. The molecule has 0 heterocycles. The maximum absolute atomic E-state index is 11.2. The Morgan fingerprint density at radius 2 is 1.88 bits per heavy atom. The highest BCUT2D eigenvalue weighted by Crippen LogP contribution is 2.05. The van der Waals surface area contributed by atoms with Crippen molar-refractivity contribution < 1.29 is 14.3 Å². The maximum Gasteiger partial charge on any atom is 0.407 e. The van der Waals surface area contributed by atoms with Crippen LogP contribution < -0.4 is 16.4 Å². The Morgan fingerprint density at radius 1 is 1.29 bits per heavy atom. The fourth-order valence-electron chi connectivity index (χ4n) is 1.17. The maximum atomic E-state index is 11.2. The fraction of sp³-hybridized carbons (Fsp3) is 0.818. The number of primary amides is 1. The second kappa shape index (κ2) is 7.11. The lowest BCUT2D eigenvalue weighted by Gasteiger charge is -2.20. The van der Waals surface area contributed by atoms with Crippen LogP contribution in [0.15, 0.2) is 0 Å². The van der Waals surface area contributed by atoms with Crippen LogP contribution in [0.5, 0.6) is 0 Å². The lowest BCUT2D eigenvalue weighted by Crippen LogP contribution is -2.39. The number of ether oxygens (including phenoxy) is 1. The first kappa shape index (κ1) is 15.7. The van der Waals surface area contributed by atoms with E-state index in [1.54, 1.807) is 20.8 Å². The van der Waals surface area contributed by atoms with Gasteiger partial charge in [-0.3, -0.25) is 4.79 Å². The number of nitrogens with two attached hydrogens (primary N) is 1. The molecule has 0 bridgehead atoms. The van der Waals surface area contributed by atoms with E-state index in [0.717, 1.165) is 0 Å². The second-order valence-electron chi connectivity index (χ2n) is 4.95. The molecule has 0 aliphatic carbocycles. The van der Waals surface area contributed by atoms with E-state index in [2.05, 4.69) is 10.6 Å². The summed E-state index contributed by atoms with van der Waals surface area (Å²) in [5.74, 6) is -0.342. The van der Waals surface area contributed by atoms with E-state index >= 15 is 0 Å². The van der Waals surface area contributed by atoms with E-state index in [-0.39, 0.29) is 18.4 Å². The molecule has 0 fully saturated rings. The van der Waals surface area contributed by atoms with Gasteiger partial charge in [0.15, 0.2) is 0 Å². The number of amides is 2. The summed E-state index contributed by atoms with van der Waals surface area (Å²) in [6, 6.07) is 0.00735. The molecule has 0 spiro atoms. The quantitative estimate of drug-likeness (QED) is 0.589. The Kier molecular flexibility index (Phi) is 6.57. The molecule has 17 heavy (non-hydrogen) atoms. The monoisotopic (exact) mass is 245 g/mol. The molecule has 1 atom stereocenters. The summed E-state index contributed by atoms with van der Waals surface area (Å²) in [5.41, 5.74) is 4.56. The number of alkyl carbamates (subject to hydrolysis) is 1. The molecule has 0 saturated carbocycles. The molecule has 0 rings (SSSR count). The third kappa shape index (κ3) is 11.0. The lowest BCUT2D eigenvalue weighted by molar-refractivity contribution is -0.118. The summed E-state index contributed by atoms with van der Waals surface area (Å²) in [4.78, 5) is 21.8. The van der Waals surface area contributed by atoms with E-state index in [4.69, 9.17) is 10.5 Å². The van der Waals surface area contributed by atoms with Gasteiger partial charge in [0, 0.05) is 25.6 Å². The topological polar surface area (TPSA) is 93.5 Å². The van der Waals surface area contributed by atoms with Crippen LogP contribution in [0.25, 0.3) is 0 Å². The minimum atomic E-state index is -0.489. The Morgan fingerprint density at radius 3 is 2.35 bits per heavy atom. The smallest absolute Gasteiger partial charge is 0.407 e. The molecule has 6 nitrogen and oxygen atoms in total. The van der Waals surface area contributed by atoms with E-state index in [9.17, 15) is 9.59 Å². The van der Waals surface area contributed by atoms with Crippen LogP contribution in [0.1, 0.15) is 34.1 Å². The Bertz CT molecular complexity index is 261. The number of carbonyl (C=O) groups excluding carboxylic acids is 2. The molecule has 100 valence electrons. The van der Waals surface area contributed by atoms with Crippen LogP contribution in [0.3, 0.4) is 0 Å². The number of carbonyl (C=O) groups is 2. The zero-order valence-corrected chi connectivity index (χ0v) is 11.0. The number of hydrogen-bond acceptors (Lipinski definition) is 4. The molecule has 6 heteroatoms. The standard InChI is InChI=1S/C11H23N3O3/c1-8(7-9(12)15)13-5-6-14-10(16)17-11(2,3)4/h8,13H,5-7H2,1-4H3,(H2,12,15)(H,14,16). The minimum absolute atomic E-state index is 0.00735. The third-order valence-corrected chi connectivity index (χ3v) is 1.79. The van der Waals surface area contributed by atoms with E-state index in [0.29, 0.717) is 13.1 Å². The van der Waals surface area contributed by atoms with Crippen LogP contribution in [0, 0.1) is 0 Å². The first-order valence-electron chi connectivity index (χ1n) is 5.69. The van der Waals surface area contributed by atoms with E-state index < -0.39 is 11.7 Å². The molecule has 0 aromatic heterocycles. The van der Waals surface area contributed by atoms with Crippen LogP contribution >= 0.6 is 0 Å². The van der Waals surface area contributed by atoms with Gasteiger partial charge < -0.3 is 21.1 Å². The zero-order chi connectivity index (χ0) is 13.5. The summed E-state index contributed by atoms with van der Waals surface area (Å²) in [7, 11) is 0. The average Bonchev–Trinajstić information content (AvgIpc) is 2.08. The van der Waals surface area contributed by atoms with Crippen LogP contribution in [0.2, 0.25) is 0 Å². The van der Waals surface area contributed by atoms with E-state index in [1.807, 2.05) is 6.92 Å². The molecule has 0 aromatic rings. The third-order valence-electron chi connectivity index (χ3n) is 1.79. The van der Waals surface area contributed by atoms with Gasteiger partial charge in [-0.25, -0.2) is 4.79 Å². The predicted octanol–water partition coefficient (Wildman–Crippen LogP) is 0.365. The van der Waals surface area contributed by atoms with Gasteiger partial charge in [0.1, 0.15) is 5.60 Å². The highest BCUT2D eigenvalue weighted by atomic mass is 16.6. The van der Waals surface area contributed by atoms with Gasteiger partial charge in [-0.05, 0) is 27.7 Å². The first-order chi connectivity index (χ1) is 7.70. The summed E-state index contributed by atoms with van der Waals surface area (Å²) in [5, 5.41) is 5.67. The van der Waals surface area contributed by atoms with Gasteiger partial charge in [0.2, 0.25) is 5.91 Å². The normalized spacial score (nSPS) is 12.9. The molecule has 0 aliphatic heterocycles. The molecule has 2 amide bonds. The van der Waals surface area contributed by atoms with Gasteiger partial charge in [0.25, 0.3) is 0 Å². The molecule has 1 unspecified atom stereocenters. The highest BCUT2D eigenvalue weighted by molar-refractivity contribution is 5.74. The summed E-state index contributed by atoms with van der Waals surface area (Å²) in [6.07, 6.45) is -0.159. The van der Waals surface area contributed by atoms with Crippen LogP contribution in [0.4, 0.5) is 4.79 Å². The summed E-state index contributed by atoms with van der Waals surface area (Å²) >= 11 is 0. The van der Waals surface area contributed by atoms with Crippen LogP contribution in [-0.4, -0.2) is 36.7 Å². The van der Waals surface area contributed by atoms with Gasteiger partial charge in [0.05, 0.1) is 0 Å². The highest BCUT2D eigenvalue weighted by Gasteiger charge is 2.15. The van der Waals surface area contributed by atoms with Gasteiger partial charge >= 0.3 is 6.09 Å². The largest absolute Gasteiger partial charge is 0.444 e. The SMILES string of the molecule is CC(CC(N)=O)NCCNC(=O)OC(C)(C)C. The molecule has 0 saturated heterocycles. The van der Waals surface area contributed by atoms with Crippen molar-refractivity contribution in [3.63, 3.8) is 0 Å². The van der Waals surface area contributed by atoms with Crippen molar-refractivity contribution in [1.82, 2.24) is 10.6 Å². The van der Waals surface area contributed by atoms with E-state index in [1.165, 1.54) is 0 Å². The van der Waals surface area contributed by atoms with Crippen molar-refractivity contribution in [2.75, 3.05) is 13.1 Å². The van der Waals surface area contributed by atoms with Crippen molar-refractivity contribution in [3.8, 4) is 0 Å². The molecule has 0 aliphatic rings. The number of hydrogen-bond donors (Lipinski definition) is 3. The molecular weight excluding hydrogens is 222 g/mol. The zero-order valence-electron chi connectivity index (χ0n) is 11.0. The molecular formula is C11H23N3O3. The average molecular weight is 245 g/mol. The second-order valence-corrected chi connectivity index (χ2v) is 4.95. The van der Waals surface area contributed by atoms with Crippen molar-refractivity contribution in [2.24, 2.45) is 5.73 Å². The van der Waals surface area contributed by atoms with Crippen molar-refractivity contribution in [2.45, 2.75) is 45.8 Å². The lowest BCUT2D eigenvalue weighted by atomic mass is 10.2. The Hall–Kier alpha value is -1.30. The molecule has 0 aromatic carbocycles. The minimum Gasteiger partial charge on any atom is -0.444 e. The van der Waals surface area contributed by atoms with Gasteiger partial charge in [-0.15, -0.1) is 0 Å². The number of nitrogens with one attached hydrogen (secondary N) is 2. The Balaban J connectivity index is 3.58. The summed E-state index contributed by atoms with van der Waals surface area (Å²) in [6.45, 7) is 8.28. The summed E-state index contributed by atoms with van der Waals surface area (Å²) < 4.78 is 5.06. The molecule has 0 radical (unpaired) electrons. The van der Waals surface area contributed by atoms with Crippen LogP contribution in [-0.2, 0) is 9.53 Å². The van der Waals surface area contributed by atoms with Gasteiger partial charge in [-0.2, -0.15) is 0 Å². The fourth-order valence-corrected chi connectivity index (χ4v) is 1.17. The van der Waals surface area contributed by atoms with Crippen molar-refractivity contribution >= 4 is 12.0 Å². The predicted molar refractivity (Wildman–Crippen MR) is 65.5 cm³/mol.